The third kappa shape index (κ3) is 2.96. The lowest BCUT2D eigenvalue weighted by molar-refractivity contribution is 0.0336. The standard InChI is InChI=1S/C10H12BrFN2O/c11-9-5-8(10(12)13-6-9)7-14-1-3-15-4-2-14/h5-6H,1-4,7H2. The first-order valence-electron chi connectivity index (χ1n) is 4.86. The first-order valence-corrected chi connectivity index (χ1v) is 5.65. The third-order valence-electron chi connectivity index (χ3n) is 2.38. The second-order valence-electron chi connectivity index (χ2n) is 3.49. The molecule has 0 amide bonds. The Labute approximate surface area is 96.4 Å². The molecule has 0 aromatic carbocycles. The van der Waals surface area contributed by atoms with Crippen molar-refractivity contribution < 1.29 is 9.13 Å². The summed E-state index contributed by atoms with van der Waals surface area (Å²) in [5, 5.41) is 0. The fourth-order valence-corrected chi connectivity index (χ4v) is 1.95. The minimum Gasteiger partial charge on any atom is -0.379 e. The molecular weight excluding hydrogens is 263 g/mol. The van der Waals surface area contributed by atoms with E-state index in [1.807, 2.05) is 0 Å². The van der Waals surface area contributed by atoms with Crippen LogP contribution in [0.25, 0.3) is 0 Å². The van der Waals surface area contributed by atoms with Crippen LogP contribution in [0.2, 0.25) is 0 Å². The number of pyridine rings is 1. The monoisotopic (exact) mass is 274 g/mol. The summed E-state index contributed by atoms with van der Waals surface area (Å²) in [6.07, 6.45) is 1.47. The molecule has 1 saturated heterocycles. The molecule has 1 aromatic rings. The van der Waals surface area contributed by atoms with Crippen LogP contribution in [0.15, 0.2) is 16.7 Å². The van der Waals surface area contributed by atoms with Crippen LogP contribution in [-0.4, -0.2) is 36.2 Å². The molecule has 82 valence electrons. The second kappa shape index (κ2) is 5.01. The predicted molar refractivity (Wildman–Crippen MR) is 58.0 cm³/mol. The number of hydrogen-bond donors (Lipinski definition) is 0. The molecule has 0 unspecified atom stereocenters. The van der Waals surface area contributed by atoms with Crippen LogP contribution in [0.5, 0.6) is 0 Å². The van der Waals surface area contributed by atoms with Gasteiger partial charge in [0.1, 0.15) is 0 Å². The lowest BCUT2D eigenvalue weighted by atomic mass is 10.2. The van der Waals surface area contributed by atoms with Gasteiger partial charge in [0.05, 0.1) is 13.2 Å². The van der Waals surface area contributed by atoms with Crippen LogP contribution in [0.3, 0.4) is 0 Å². The van der Waals surface area contributed by atoms with E-state index in [0.717, 1.165) is 30.8 Å². The van der Waals surface area contributed by atoms with Crippen molar-refractivity contribution in [2.24, 2.45) is 0 Å². The first-order chi connectivity index (χ1) is 7.25. The SMILES string of the molecule is Fc1ncc(Br)cc1CN1CCOCC1. The van der Waals surface area contributed by atoms with Gasteiger partial charge in [0.15, 0.2) is 0 Å². The van der Waals surface area contributed by atoms with Crippen molar-refractivity contribution in [1.82, 2.24) is 9.88 Å². The molecule has 0 atom stereocenters. The van der Waals surface area contributed by atoms with Gasteiger partial charge in [0.2, 0.25) is 5.95 Å². The van der Waals surface area contributed by atoms with Crippen LogP contribution in [-0.2, 0) is 11.3 Å². The molecule has 1 aliphatic heterocycles. The Morgan fingerprint density at radius 1 is 1.47 bits per heavy atom. The Balaban J connectivity index is 2.05. The van der Waals surface area contributed by atoms with E-state index in [9.17, 15) is 4.39 Å². The third-order valence-corrected chi connectivity index (χ3v) is 2.81. The molecule has 1 fully saturated rings. The summed E-state index contributed by atoms with van der Waals surface area (Å²) < 4.78 is 19.4. The Kier molecular flexibility index (Phi) is 3.66. The number of morpholine rings is 1. The van der Waals surface area contributed by atoms with E-state index in [1.165, 1.54) is 6.20 Å². The van der Waals surface area contributed by atoms with E-state index in [-0.39, 0.29) is 5.95 Å². The average Bonchev–Trinajstić information content (AvgIpc) is 2.25. The van der Waals surface area contributed by atoms with E-state index in [4.69, 9.17) is 4.74 Å². The molecule has 2 rings (SSSR count). The minimum absolute atomic E-state index is 0.385. The number of halogens is 2. The highest BCUT2D eigenvalue weighted by atomic mass is 79.9. The van der Waals surface area contributed by atoms with Gasteiger partial charge in [0.25, 0.3) is 0 Å². The lowest BCUT2D eigenvalue weighted by Crippen LogP contribution is -2.35. The van der Waals surface area contributed by atoms with Gasteiger partial charge in [-0.2, -0.15) is 4.39 Å². The summed E-state index contributed by atoms with van der Waals surface area (Å²) in [6.45, 7) is 3.76. The highest BCUT2D eigenvalue weighted by Crippen LogP contribution is 2.15. The van der Waals surface area contributed by atoms with Crippen molar-refractivity contribution >= 4 is 15.9 Å². The van der Waals surface area contributed by atoms with Gasteiger partial charge in [-0.05, 0) is 22.0 Å². The van der Waals surface area contributed by atoms with E-state index < -0.39 is 0 Å². The van der Waals surface area contributed by atoms with Crippen molar-refractivity contribution in [1.29, 1.82) is 0 Å². The summed E-state index contributed by atoms with van der Waals surface area (Å²) >= 11 is 3.29. The van der Waals surface area contributed by atoms with Gasteiger partial charge in [-0.3, -0.25) is 4.90 Å². The first kappa shape index (κ1) is 11.0. The highest BCUT2D eigenvalue weighted by molar-refractivity contribution is 9.10. The van der Waals surface area contributed by atoms with E-state index >= 15 is 0 Å². The highest BCUT2D eigenvalue weighted by Gasteiger charge is 2.13. The summed E-state index contributed by atoms with van der Waals surface area (Å²) in [6, 6.07) is 1.78. The van der Waals surface area contributed by atoms with Gasteiger partial charge in [-0.25, -0.2) is 4.98 Å². The molecule has 0 radical (unpaired) electrons. The Morgan fingerprint density at radius 2 is 2.20 bits per heavy atom. The summed E-state index contributed by atoms with van der Waals surface area (Å²) in [7, 11) is 0. The maximum Gasteiger partial charge on any atom is 0.217 e. The molecule has 0 aliphatic carbocycles. The summed E-state index contributed by atoms with van der Waals surface area (Å²) in [5.74, 6) is -0.385. The van der Waals surface area contributed by atoms with Gasteiger partial charge < -0.3 is 4.74 Å². The Bertz CT molecular complexity index is 342. The minimum atomic E-state index is -0.385. The van der Waals surface area contributed by atoms with Gasteiger partial charge >= 0.3 is 0 Å². The average molecular weight is 275 g/mol. The van der Waals surface area contributed by atoms with Crippen LogP contribution >= 0.6 is 15.9 Å². The molecule has 0 bridgehead atoms. The maximum absolute atomic E-state index is 13.3. The van der Waals surface area contributed by atoms with Crippen LogP contribution < -0.4 is 0 Å². The number of aromatic nitrogens is 1. The molecule has 15 heavy (non-hydrogen) atoms. The Hall–Kier alpha value is -0.520. The fraction of sp³-hybridized carbons (Fsp3) is 0.500. The normalized spacial score (nSPS) is 18.0. The van der Waals surface area contributed by atoms with Crippen LogP contribution in [0.4, 0.5) is 4.39 Å². The molecule has 2 heterocycles. The van der Waals surface area contributed by atoms with E-state index in [0.29, 0.717) is 12.1 Å². The fourth-order valence-electron chi connectivity index (χ4n) is 1.58. The van der Waals surface area contributed by atoms with Crippen molar-refractivity contribution in [3.63, 3.8) is 0 Å². The molecule has 0 N–H and O–H groups in total. The zero-order chi connectivity index (χ0) is 10.7. The van der Waals surface area contributed by atoms with Gasteiger partial charge in [-0.15, -0.1) is 0 Å². The van der Waals surface area contributed by atoms with Crippen molar-refractivity contribution in [3.05, 3.63) is 28.2 Å². The second-order valence-corrected chi connectivity index (χ2v) is 4.41. The van der Waals surface area contributed by atoms with Crippen molar-refractivity contribution in [2.45, 2.75) is 6.54 Å². The molecule has 0 saturated carbocycles. The number of rotatable bonds is 2. The lowest BCUT2D eigenvalue weighted by Gasteiger charge is -2.26. The molecule has 0 spiro atoms. The quantitative estimate of drug-likeness (QED) is 0.770. The molecule has 1 aromatic heterocycles. The molecule has 1 aliphatic rings. The zero-order valence-electron chi connectivity index (χ0n) is 8.25. The maximum atomic E-state index is 13.3. The molecular formula is C10H12BrFN2O. The van der Waals surface area contributed by atoms with Crippen molar-refractivity contribution in [3.8, 4) is 0 Å². The van der Waals surface area contributed by atoms with Crippen LogP contribution in [0.1, 0.15) is 5.56 Å². The van der Waals surface area contributed by atoms with E-state index in [2.05, 4.69) is 25.8 Å². The van der Waals surface area contributed by atoms with Crippen molar-refractivity contribution in [2.75, 3.05) is 26.3 Å². The number of ether oxygens (including phenoxy) is 1. The smallest absolute Gasteiger partial charge is 0.217 e. The summed E-state index contributed by atoms with van der Waals surface area (Å²) in [4.78, 5) is 5.84. The van der Waals surface area contributed by atoms with Crippen LogP contribution in [0, 0.1) is 5.95 Å². The number of nitrogens with zero attached hydrogens (tertiary/aromatic N) is 2. The largest absolute Gasteiger partial charge is 0.379 e. The Morgan fingerprint density at radius 3 is 2.93 bits per heavy atom. The van der Waals surface area contributed by atoms with Gasteiger partial charge in [0, 0.05) is 35.9 Å². The topological polar surface area (TPSA) is 25.4 Å². The van der Waals surface area contributed by atoms with E-state index in [1.54, 1.807) is 6.07 Å². The molecule has 3 nitrogen and oxygen atoms in total. The summed E-state index contributed by atoms with van der Waals surface area (Å²) in [5.41, 5.74) is 0.631. The predicted octanol–water partition coefficient (Wildman–Crippen LogP) is 1.82. The number of hydrogen-bond acceptors (Lipinski definition) is 3. The van der Waals surface area contributed by atoms with Gasteiger partial charge in [-0.1, -0.05) is 0 Å². The molecule has 5 heteroatoms. The zero-order valence-corrected chi connectivity index (χ0v) is 9.83.